The van der Waals surface area contributed by atoms with Gasteiger partial charge in [-0.2, -0.15) is 0 Å². The monoisotopic (exact) mass is 285 g/mol. The molecule has 20 heavy (non-hydrogen) atoms. The summed E-state index contributed by atoms with van der Waals surface area (Å²) in [5, 5.41) is 5.86. The van der Waals surface area contributed by atoms with Crippen molar-refractivity contribution in [3.8, 4) is 0 Å². The van der Waals surface area contributed by atoms with E-state index in [0.717, 1.165) is 0 Å². The summed E-state index contributed by atoms with van der Waals surface area (Å²) in [6, 6.07) is 13.8. The molecule has 1 nitrogen and oxygen atoms in total. The summed E-state index contributed by atoms with van der Waals surface area (Å²) >= 11 is 1.90. The Morgan fingerprint density at radius 3 is 2.35 bits per heavy atom. The molecular weight excluding hydrogens is 262 g/mol. The third-order valence-corrected chi connectivity index (χ3v) is 5.93. The fourth-order valence-corrected chi connectivity index (χ4v) is 5.01. The Balaban J connectivity index is 2.08. The number of thiophene rings is 1. The first-order valence-electron chi connectivity index (χ1n) is 7.55. The van der Waals surface area contributed by atoms with Gasteiger partial charge in [-0.1, -0.05) is 43.2 Å². The van der Waals surface area contributed by atoms with Gasteiger partial charge >= 0.3 is 0 Å². The van der Waals surface area contributed by atoms with Gasteiger partial charge in [-0.3, -0.25) is 0 Å². The zero-order chi connectivity index (χ0) is 14.0. The van der Waals surface area contributed by atoms with Crippen LogP contribution in [0.1, 0.15) is 47.7 Å². The number of hydrogen-bond donors (Lipinski definition) is 1. The van der Waals surface area contributed by atoms with E-state index in [1.807, 2.05) is 11.3 Å². The maximum atomic E-state index is 3.64. The van der Waals surface area contributed by atoms with Gasteiger partial charge in [0.25, 0.3) is 0 Å². The lowest BCUT2D eigenvalue weighted by atomic mass is 9.71. The second-order valence-electron chi connectivity index (χ2n) is 5.92. The molecule has 0 amide bonds. The number of benzene rings is 1. The Bertz CT molecular complexity index is 552. The quantitative estimate of drug-likeness (QED) is 0.848. The van der Waals surface area contributed by atoms with E-state index < -0.39 is 0 Å². The number of rotatable bonds is 4. The minimum Gasteiger partial charge on any atom is -0.312 e. The lowest BCUT2D eigenvalue weighted by Gasteiger charge is -2.38. The topological polar surface area (TPSA) is 12.0 Å². The molecule has 1 heterocycles. The molecule has 106 valence electrons. The number of hydrogen-bond acceptors (Lipinski definition) is 2. The van der Waals surface area contributed by atoms with E-state index in [2.05, 4.69) is 61.1 Å². The summed E-state index contributed by atoms with van der Waals surface area (Å²) in [6.45, 7) is 2.24. The summed E-state index contributed by atoms with van der Waals surface area (Å²) in [7, 11) is 2.12. The summed E-state index contributed by atoms with van der Waals surface area (Å²) in [6.07, 6.45) is 5.27. The van der Waals surface area contributed by atoms with Gasteiger partial charge in [-0.15, -0.1) is 11.3 Å². The molecule has 0 bridgehead atoms. The van der Waals surface area contributed by atoms with Crippen molar-refractivity contribution in [3.05, 3.63) is 57.8 Å². The number of aryl methyl sites for hydroxylation is 1. The first-order valence-corrected chi connectivity index (χ1v) is 8.43. The van der Waals surface area contributed by atoms with Gasteiger partial charge in [0.2, 0.25) is 0 Å². The largest absolute Gasteiger partial charge is 0.312 e. The van der Waals surface area contributed by atoms with E-state index in [9.17, 15) is 0 Å². The van der Waals surface area contributed by atoms with Crippen molar-refractivity contribution in [3.63, 3.8) is 0 Å². The normalized spacial score (nSPS) is 19.1. The average molecular weight is 285 g/mol. The molecule has 1 aliphatic rings. The maximum Gasteiger partial charge on any atom is 0.0513 e. The highest BCUT2D eigenvalue weighted by atomic mass is 32.1. The fourth-order valence-electron chi connectivity index (χ4n) is 3.86. The first kappa shape index (κ1) is 13.8. The van der Waals surface area contributed by atoms with E-state index in [1.54, 1.807) is 0 Å². The zero-order valence-corrected chi connectivity index (χ0v) is 13.2. The van der Waals surface area contributed by atoms with Crippen molar-refractivity contribution in [2.45, 2.75) is 44.1 Å². The molecule has 1 atom stereocenters. The summed E-state index contributed by atoms with van der Waals surface area (Å²) in [4.78, 5) is 1.51. The Kier molecular flexibility index (Phi) is 3.95. The molecule has 1 N–H and O–H groups in total. The molecule has 0 spiro atoms. The fraction of sp³-hybridized carbons (Fsp3) is 0.444. The van der Waals surface area contributed by atoms with E-state index in [4.69, 9.17) is 0 Å². The number of likely N-dealkylation sites (N-methyl/N-ethyl adjacent to an activating group) is 1. The highest BCUT2D eigenvalue weighted by Gasteiger charge is 2.43. The SMILES string of the molecule is CNC(c1sccc1C)C1(c2ccccc2)CCCC1. The Morgan fingerprint density at radius 1 is 1.10 bits per heavy atom. The highest BCUT2D eigenvalue weighted by Crippen LogP contribution is 2.50. The summed E-state index contributed by atoms with van der Waals surface area (Å²) in [5.41, 5.74) is 3.20. The first-order chi connectivity index (χ1) is 9.78. The van der Waals surface area contributed by atoms with Crippen LogP contribution in [0.2, 0.25) is 0 Å². The third-order valence-electron chi connectivity index (χ3n) is 4.85. The molecular formula is C18H23NS. The molecule has 2 heteroatoms. The van der Waals surface area contributed by atoms with Crippen LogP contribution in [-0.2, 0) is 5.41 Å². The van der Waals surface area contributed by atoms with Crippen LogP contribution in [0.15, 0.2) is 41.8 Å². The van der Waals surface area contributed by atoms with E-state index in [0.29, 0.717) is 6.04 Å². The van der Waals surface area contributed by atoms with Crippen molar-refractivity contribution in [2.75, 3.05) is 7.05 Å². The molecule has 0 radical (unpaired) electrons. The predicted molar refractivity (Wildman–Crippen MR) is 87.4 cm³/mol. The van der Waals surface area contributed by atoms with Gasteiger partial charge < -0.3 is 5.32 Å². The standard InChI is InChI=1S/C18H23NS/c1-14-10-13-20-16(14)17(19-2)18(11-6-7-12-18)15-8-4-3-5-9-15/h3-5,8-10,13,17,19H,6-7,11-12H2,1-2H3. The molecule has 2 aromatic rings. The molecule has 1 aliphatic carbocycles. The molecule has 1 aromatic carbocycles. The van der Waals surface area contributed by atoms with Crippen molar-refractivity contribution in [1.82, 2.24) is 5.32 Å². The second kappa shape index (κ2) is 5.71. The number of nitrogens with one attached hydrogen (secondary N) is 1. The minimum absolute atomic E-state index is 0.269. The van der Waals surface area contributed by atoms with Crippen LogP contribution in [0.5, 0.6) is 0 Å². The molecule has 1 aromatic heterocycles. The smallest absolute Gasteiger partial charge is 0.0513 e. The molecule has 1 unspecified atom stereocenters. The average Bonchev–Trinajstić information content (AvgIpc) is 3.12. The molecule has 0 aliphatic heterocycles. The molecule has 0 saturated heterocycles. The van der Waals surface area contributed by atoms with Gasteiger partial charge in [0.1, 0.15) is 0 Å². The van der Waals surface area contributed by atoms with Crippen molar-refractivity contribution >= 4 is 11.3 Å². The summed E-state index contributed by atoms with van der Waals surface area (Å²) < 4.78 is 0. The van der Waals surface area contributed by atoms with Crippen molar-refractivity contribution < 1.29 is 0 Å². The third kappa shape index (κ3) is 2.21. The Hall–Kier alpha value is -1.12. The Morgan fingerprint density at radius 2 is 1.80 bits per heavy atom. The van der Waals surface area contributed by atoms with Crippen LogP contribution < -0.4 is 5.32 Å². The Labute approximate surface area is 126 Å². The molecule has 1 fully saturated rings. The second-order valence-corrected chi connectivity index (χ2v) is 6.87. The van der Waals surface area contributed by atoms with Gasteiger partial charge in [-0.25, -0.2) is 0 Å². The van der Waals surface area contributed by atoms with E-state index in [-0.39, 0.29) is 5.41 Å². The maximum absolute atomic E-state index is 3.64. The summed E-state index contributed by atoms with van der Waals surface area (Å²) in [5.74, 6) is 0. The van der Waals surface area contributed by atoms with Crippen LogP contribution in [0.25, 0.3) is 0 Å². The zero-order valence-electron chi connectivity index (χ0n) is 12.4. The predicted octanol–water partition coefficient (Wildman–Crippen LogP) is 4.83. The van der Waals surface area contributed by atoms with Crippen LogP contribution in [-0.4, -0.2) is 7.05 Å². The molecule has 1 saturated carbocycles. The van der Waals surface area contributed by atoms with Gasteiger partial charge in [0, 0.05) is 10.3 Å². The van der Waals surface area contributed by atoms with Crippen LogP contribution in [0.3, 0.4) is 0 Å². The van der Waals surface area contributed by atoms with Crippen LogP contribution in [0, 0.1) is 6.92 Å². The highest BCUT2D eigenvalue weighted by molar-refractivity contribution is 7.10. The van der Waals surface area contributed by atoms with Crippen LogP contribution in [0.4, 0.5) is 0 Å². The van der Waals surface area contributed by atoms with Gasteiger partial charge in [-0.05, 0) is 49.4 Å². The van der Waals surface area contributed by atoms with E-state index >= 15 is 0 Å². The minimum atomic E-state index is 0.269. The van der Waals surface area contributed by atoms with Crippen molar-refractivity contribution in [2.24, 2.45) is 0 Å². The molecule has 3 rings (SSSR count). The lowest BCUT2D eigenvalue weighted by molar-refractivity contribution is 0.319. The van der Waals surface area contributed by atoms with Crippen LogP contribution >= 0.6 is 11.3 Å². The van der Waals surface area contributed by atoms with Gasteiger partial charge in [0.15, 0.2) is 0 Å². The van der Waals surface area contributed by atoms with Crippen molar-refractivity contribution in [1.29, 1.82) is 0 Å². The van der Waals surface area contributed by atoms with Gasteiger partial charge in [0.05, 0.1) is 6.04 Å². The lowest BCUT2D eigenvalue weighted by Crippen LogP contribution is -2.38. The van der Waals surface area contributed by atoms with E-state index in [1.165, 1.54) is 41.7 Å².